The third kappa shape index (κ3) is 4.81. The summed E-state index contributed by atoms with van der Waals surface area (Å²) in [4.78, 5) is 16.8. The van der Waals surface area contributed by atoms with Crippen molar-refractivity contribution in [2.75, 3.05) is 18.2 Å². The second kappa shape index (κ2) is 10.7. The van der Waals surface area contributed by atoms with Gasteiger partial charge in [-0.2, -0.15) is 10.4 Å². The number of ether oxygens (including phenoxy) is 1. The molecule has 0 fully saturated rings. The van der Waals surface area contributed by atoms with Crippen LogP contribution in [0.25, 0.3) is 27.5 Å². The van der Waals surface area contributed by atoms with Crippen LogP contribution in [0, 0.1) is 18.3 Å². The highest BCUT2D eigenvalue weighted by Gasteiger charge is 2.24. The zero-order chi connectivity index (χ0) is 31.2. The average Bonchev–Trinajstić information content (AvgIpc) is 3.39. The van der Waals surface area contributed by atoms with E-state index in [2.05, 4.69) is 21.5 Å². The standard InChI is InChI=1S/C32H25N7O4S/c1-18-12-24(14-26-30(18)36-17-27(32(35)40)31(26)37-20-4-3-5-22(13-20)43-2)44(41,42)23-10-11-25-28(16-33)38-39(29(25)15-23)21-8-6-19(34)7-9-21/h3-15,17H,34H2,1-2H3,(H2,35,40)(H,36,37). The van der Waals surface area contributed by atoms with Gasteiger partial charge >= 0.3 is 0 Å². The van der Waals surface area contributed by atoms with Crippen LogP contribution in [0.1, 0.15) is 21.6 Å². The number of aryl methyl sites for hydroxylation is 1. The molecule has 0 aliphatic carbocycles. The summed E-state index contributed by atoms with van der Waals surface area (Å²) in [6, 6.07) is 23.5. The number of pyridine rings is 1. The van der Waals surface area contributed by atoms with Crippen molar-refractivity contribution < 1.29 is 17.9 Å². The van der Waals surface area contributed by atoms with E-state index in [1.807, 2.05) is 0 Å². The number of sulfone groups is 1. The zero-order valence-corrected chi connectivity index (χ0v) is 24.4. The summed E-state index contributed by atoms with van der Waals surface area (Å²) >= 11 is 0. The largest absolute Gasteiger partial charge is 0.497 e. The van der Waals surface area contributed by atoms with E-state index in [-0.39, 0.29) is 21.0 Å². The van der Waals surface area contributed by atoms with Gasteiger partial charge in [-0.15, -0.1) is 0 Å². The van der Waals surface area contributed by atoms with Gasteiger partial charge < -0.3 is 21.5 Å². The Bertz CT molecular complexity index is 2270. The average molecular weight is 604 g/mol. The molecule has 0 bridgehead atoms. The van der Waals surface area contributed by atoms with E-state index in [4.69, 9.17) is 16.2 Å². The predicted molar refractivity (Wildman–Crippen MR) is 167 cm³/mol. The van der Waals surface area contributed by atoms with Crippen molar-refractivity contribution in [3.05, 3.63) is 102 Å². The fraction of sp³-hybridized carbons (Fsp3) is 0.0625. The van der Waals surface area contributed by atoms with Gasteiger partial charge in [0.05, 0.1) is 44.9 Å². The number of amides is 1. The van der Waals surface area contributed by atoms with Crippen LogP contribution < -0.4 is 21.5 Å². The number of primary amides is 1. The summed E-state index contributed by atoms with van der Waals surface area (Å²) < 4.78 is 35.1. The number of fused-ring (bicyclic) bond motifs is 2. The molecule has 0 saturated heterocycles. The lowest BCUT2D eigenvalue weighted by molar-refractivity contribution is 0.100. The Hall–Kier alpha value is -5.93. The molecule has 0 atom stereocenters. The number of rotatable bonds is 7. The maximum Gasteiger partial charge on any atom is 0.252 e. The number of nitrogens with zero attached hydrogens (tertiary/aromatic N) is 4. The Morgan fingerprint density at radius 2 is 1.77 bits per heavy atom. The summed E-state index contributed by atoms with van der Waals surface area (Å²) in [6.45, 7) is 1.74. The molecule has 4 aromatic carbocycles. The summed E-state index contributed by atoms with van der Waals surface area (Å²) in [5, 5.41) is 18.2. The van der Waals surface area contributed by atoms with Crippen LogP contribution in [0.2, 0.25) is 0 Å². The summed E-state index contributed by atoms with van der Waals surface area (Å²) in [5.74, 6) is -0.146. The summed E-state index contributed by atoms with van der Waals surface area (Å²) in [7, 11) is -2.58. The van der Waals surface area contributed by atoms with Crippen LogP contribution in [-0.4, -0.2) is 36.2 Å². The van der Waals surface area contributed by atoms with E-state index >= 15 is 0 Å². The molecule has 12 heteroatoms. The maximum atomic E-state index is 14.2. The Balaban J connectivity index is 1.53. The third-order valence-electron chi connectivity index (χ3n) is 7.26. The number of nitrogens with one attached hydrogen (secondary N) is 1. The van der Waals surface area contributed by atoms with Crippen LogP contribution in [0.3, 0.4) is 0 Å². The third-order valence-corrected chi connectivity index (χ3v) is 8.99. The fourth-order valence-electron chi connectivity index (χ4n) is 5.06. The fourth-order valence-corrected chi connectivity index (χ4v) is 6.45. The van der Waals surface area contributed by atoms with Crippen molar-refractivity contribution in [1.29, 1.82) is 5.26 Å². The lowest BCUT2D eigenvalue weighted by atomic mass is 10.1. The molecule has 0 aliphatic rings. The number of hydrogen-bond acceptors (Lipinski definition) is 9. The van der Waals surface area contributed by atoms with Gasteiger partial charge in [0.1, 0.15) is 11.8 Å². The van der Waals surface area contributed by atoms with Crippen molar-refractivity contribution in [2.45, 2.75) is 16.7 Å². The molecule has 2 heterocycles. The molecule has 5 N–H and O–H groups in total. The molecule has 0 unspecified atom stereocenters. The van der Waals surface area contributed by atoms with Gasteiger partial charge in [-0.05, 0) is 79.2 Å². The Morgan fingerprint density at radius 1 is 1.00 bits per heavy atom. The highest BCUT2D eigenvalue weighted by molar-refractivity contribution is 7.91. The van der Waals surface area contributed by atoms with E-state index in [0.717, 1.165) is 0 Å². The Morgan fingerprint density at radius 3 is 2.48 bits per heavy atom. The van der Waals surface area contributed by atoms with E-state index in [9.17, 15) is 18.5 Å². The van der Waals surface area contributed by atoms with Crippen LogP contribution in [0.15, 0.2) is 94.9 Å². The minimum atomic E-state index is -4.12. The lowest BCUT2D eigenvalue weighted by Crippen LogP contribution is -2.14. The number of aromatic nitrogens is 3. The van der Waals surface area contributed by atoms with Gasteiger partial charge in [0.25, 0.3) is 5.91 Å². The van der Waals surface area contributed by atoms with Gasteiger partial charge in [-0.25, -0.2) is 13.1 Å². The van der Waals surface area contributed by atoms with Crippen LogP contribution in [0.4, 0.5) is 17.1 Å². The maximum absolute atomic E-state index is 14.2. The van der Waals surface area contributed by atoms with Crippen LogP contribution in [0.5, 0.6) is 5.75 Å². The number of benzene rings is 4. The Kier molecular flexibility index (Phi) is 6.87. The smallest absolute Gasteiger partial charge is 0.252 e. The topological polar surface area (TPSA) is 179 Å². The minimum Gasteiger partial charge on any atom is -0.497 e. The van der Waals surface area contributed by atoms with E-state index in [1.165, 1.54) is 42.3 Å². The van der Waals surface area contributed by atoms with E-state index in [0.29, 0.717) is 55.9 Å². The van der Waals surface area contributed by atoms with Gasteiger partial charge in [-0.3, -0.25) is 9.78 Å². The van der Waals surface area contributed by atoms with Crippen molar-refractivity contribution in [3.8, 4) is 17.5 Å². The highest BCUT2D eigenvalue weighted by atomic mass is 32.2. The van der Waals surface area contributed by atoms with Crippen LogP contribution >= 0.6 is 0 Å². The molecule has 2 aromatic heterocycles. The number of methoxy groups -OCH3 is 1. The minimum absolute atomic E-state index is 0.00819. The molecule has 0 spiro atoms. The number of carbonyl (C=O) groups excluding carboxylic acids is 1. The monoisotopic (exact) mass is 603 g/mol. The molecule has 11 nitrogen and oxygen atoms in total. The van der Waals surface area contributed by atoms with Crippen molar-refractivity contribution in [1.82, 2.24) is 14.8 Å². The van der Waals surface area contributed by atoms with E-state index in [1.54, 1.807) is 61.5 Å². The lowest BCUT2D eigenvalue weighted by Gasteiger charge is -2.16. The molecule has 6 rings (SSSR count). The second-order valence-electron chi connectivity index (χ2n) is 10.1. The first-order valence-electron chi connectivity index (χ1n) is 13.3. The molecule has 218 valence electrons. The van der Waals surface area contributed by atoms with Crippen molar-refractivity contribution in [2.24, 2.45) is 5.73 Å². The number of carbonyl (C=O) groups is 1. The normalized spacial score (nSPS) is 11.4. The highest BCUT2D eigenvalue weighted by Crippen LogP contribution is 2.36. The number of nitriles is 1. The molecular weight excluding hydrogens is 578 g/mol. The second-order valence-corrected chi connectivity index (χ2v) is 12.0. The quantitative estimate of drug-likeness (QED) is 0.211. The van der Waals surface area contributed by atoms with E-state index < -0.39 is 15.7 Å². The first-order valence-corrected chi connectivity index (χ1v) is 14.8. The Labute approximate surface area is 252 Å². The number of nitrogen functional groups attached to an aromatic ring is 1. The molecule has 44 heavy (non-hydrogen) atoms. The summed E-state index contributed by atoms with van der Waals surface area (Å²) in [6.07, 6.45) is 1.37. The van der Waals surface area contributed by atoms with Gasteiger partial charge in [-0.1, -0.05) is 6.07 Å². The van der Waals surface area contributed by atoms with Crippen LogP contribution in [-0.2, 0) is 9.84 Å². The van der Waals surface area contributed by atoms with Crippen molar-refractivity contribution >= 4 is 54.6 Å². The zero-order valence-electron chi connectivity index (χ0n) is 23.6. The number of nitrogens with two attached hydrogens (primary N) is 2. The first-order chi connectivity index (χ1) is 21.1. The van der Waals surface area contributed by atoms with Gasteiger partial charge in [0, 0.05) is 34.4 Å². The molecule has 1 amide bonds. The molecule has 0 saturated carbocycles. The molecule has 0 aliphatic heterocycles. The molecule has 0 radical (unpaired) electrons. The number of anilines is 3. The predicted octanol–water partition coefficient (Wildman–Crippen LogP) is 5.02. The van der Waals surface area contributed by atoms with Gasteiger partial charge in [0.15, 0.2) is 5.69 Å². The molecule has 6 aromatic rings. The SMILES string of the molecule is COc1cccc(Nc2c(C(N)=O)cnc3c(C)cc(S(=O)(=O)c4ccc5c(C#N)nn(-c6ccc(N)cc6)c5c4)cc23)c1. The summed E-state index contributed by atoms with van der Waals surface area (Å²) in [5.41, 5.74) is 15.4. The van der Waals surface area contributed by atoms with Gasteiger partial charge in [0.2, 0.25) is 9.84 Å². The molecular formula is C32H25N7O4S. The number of hydrogen-bond donors (Lipinski definition) is 3. The first kappa shape index (κ1) is 28.2. The van der Waals surface area contributed by atoms with Crippen molar-refractivity contribution in [3.63, 3.8) is 0 Å².